The molecule has 0 spiro atoms. The van der Waals surface area contributed by atoms with E-state index in [9.17, 15) is 4.79 Å². The van der Waals surface area contributed by atoms with Gasteiger partial charge in [0.15, 0.2) is 0 Å². The summed E-state index contributed by atoms with van der Waals surface area (Å²) in [6.07, 6.45) is 2.14. The molecule has 0 aliphatic carbocycles. The van der Waals surface area contributed by atoms with Crippen LogP contribution in [0, 0.1) is 0 Å². The average Bonchev–Trinajstić information content (AvgIpc) is 2.72. The number of fused-ring (bicyclic) bond motifs is 1. The molecule has 2 rings (SSSR count). The van der Waals surface area contributed by atoms with Crippen LogP contribution in [0.4, 0.5) is 5.69 Å². The molecule has 1 amide bonds. The van der Waals surface area contributed by atoms with Gasteiger partial charge in [-0.1, -0.05) is 6.92 Å². The van der Waals surface area contributed by atoms with Crippen LogP contribution < -0.4 is 5.32 Å². The number of nitrogens with one attached hydrogen (secondary N) is 1. The maximum absolute atomic E-state index is 11.4. The summed E-state index contributed by atoms with van der Waals surface area (Å²) in [5.41, 5.74) is 1.87. The highest BCUT2D eigenvalue weighted by atomic mass is 16.3. The van der Waals surface area contributed by atoms with Crippen LogP contribution in [-0.2, 0) is 11.3 Å². The molecule has 1 aromatic carbocycles. The molecule has 0 fully saturated rings. The SMILES string of the molecule is CCCn1ccc2cc(NC(=O)C(C)O)ccc21. The molecule has 0 aliphatic rings. The number of carbonyl (C=O) groups excluding carboxylic acids is 1. The van der Waals surface area contributed by atoms with E-state index in [1.807, 2.05) is 24.3 Å². The van der Waals surface area contributed by atoms with E-state index < -0.39 is 6.10 Å². The van der Waals surface area contributed by atoms with Gasteiger partial charge in [-0.2, -0.15) is 0 Å². The van der Waals surface area contributed by atoms with Gasteiger partial charge in [0.1, 0.15) is 6.10 Å². The average molecular weight is 246 g/mol. The summed E-state index contributed by atoms with van der Waals surface area (Å²) in [7, 11) is 0. The van der Waals surface area contributed by atoms with Crippen molar-refractivity contribution in [3.05, 3.63) is 30.5 Å². The quantitative estimate of drug-likeness (QED) is 0.870. The normalized spacial score (nSPS) is 12.6. The lowest BCUT2D eigenvalue weighted by Crippen LogP contribution is -2.24. The van der Waals surface area contributed by atoms with Gasteiger partial charge in [0.2, 0.25) is 0 Å². The topological polar surface area (TPSA) is 54.3 Å². The number of hydrogen-bond donors (Lipinski definition) is 2. The molecule has 1 atom stereocenters. The summed E-state index contributed by atoms with van der Waals surface area (Å²) in [6, 6.07) is 7.79. The molecule has 96 valence electrons. The first kappa shape index (κ1) is 12.6. The van der Waals surface area contributed by atoms with Crippen LogP contribution in [0.2, 0.25) is 0 Å². The number of aliphatic hydroxyl groups is 1. The monoisotopic (exact) mass is 246 g/mol. The van der Waals surface area contributed by atoms with Crippen LogP contribution in [0.1, 0.15) is 20.3 Å². The van der Waals surface area contributed by atoms with Crippen LogP contribution >= 0.6 is 0 Å². The maximum Gasteiger partial charge on any atom is 0.252 e. The number of nitrogens with zero attached hydrogens (tertiary/aromatic N) is 1. The molecule has 2 N–H and O–H groups in total. The fraction of sp³-hybridized carbons (Fsp3) is 0.357. The summed E-state index contributed by atoms with van der Waals surface area (Å²) in [6.45, 7) is 4.58. The van der Waals surface area contributed by atoms with Crippen molar-refractivity contribution < 1.29 is 9.90 Å². The van der Waals surface area contributed by atoms with E-state index in [0.717, 1.165) is 23.9 Å². The Hall–Kier alpha value is -1.81. The minimum atomic E-state index is -0.995. The molecule has 1 unspecified atom stereocenters. The lowest BCUT2D eigenvalue weighted by Gasteiger charge is -2.08. The summed E-state index contributed by atoms with van der Waals surface area (Å²) in [5, 5.41) is 12.9. The van der Waals surface area contributed by atoms with E-state index in [2.05, 4.69) is 23.0 Å². The minimum Gasteiger partial charge on any atom is -0.384 e. The number of aliphatic hydroxyl groups excluding tert-OH is 1. The second-order valence-corrected chi connectivity index (χ2v) is 4.45. The van der Waals surface area contributed by atoms with Gasteiger partial charge in [-0.3, -0.25) is 4.79 Å². The Morgan fingerprint density at radius 3 is 2.89 bits per heavy atom. The predicted molar refractivity (Wildman–Crippen MR) is 72.5 cm³/mol. The van der Waals surface area contributed by atoms with E-state index in [4.69, 9.17) is 5.11 Å². The van der Waals surface area contributed by atoms with Crippen LogP contribution in [0.15, 0.2) is 30.5 Å². The van der Waals surface area contributed by atoms with Gasteiger partial charge < -0.3 is 15.0 Å². The molecule has 4 nitrogen and oxygen atoms in total. The van der Waals surface area contributed by atoms with Gasteiger partial charge in [-0.15, -0.1) is 0 Å². The second-order valence-electron chi connectivity index (χ2n) is 4.45. The molecule has 0 radical (unpaired) electrons. The van der Waals surface area contributed by atoms with Crippen molar-refractivity contribution in [1.29, 1.82) is 0 Å². The highest BCUT2D eigenvalue weighted by molar-refractivity contribution is 5.96. The first-order valence-corrected chi connectivity index (χ1v) is 6.19. The van der Waals surface area contributed by atoms with Crippen molar-refractivity contribution in [3.63, 3.8) is 0 Å². The fourth-order valence-electron chi connectivity index (χ4n) is 1.96. The standard InChI is InChI=1S/C14H18N2O2/c1-3-7-16-8-6-11-9-12(4-5-13(11)16)15-14(18)10(2)17/h4-6,8-10,17H,3,7H2,1-2H3,(H,15,18). The first-order chi connectivity index (χ1) is 8.61. The Kier molecular flexibility index (Phi) is 3.67. The minimum absolute atomic E-state index is 0.387. The zero-order chi connectivity index (χ0) is 13.1. The van der Waals surface area contributed by atoms with Gasteiger partial charge in [0.05, 0.1) is 0 Å². The van der Waals surface area contributed by atoms with Crippen molar-refractivity contribution >= 4 is 22.5 Å². The smallest absolute Gasteiger partial charge is 0.252 e. The zero-order valence-electron chi connectivity index (χ0n) is 10.7. The molecule has 0 saturated carbocycles. The van der Waals surface area contributed by atoms with Crippen LogP contribution in [0.25, 0.3) is 10.9 Å². The Morgan fingerprint density at radius 1 is 1.44 bits per heavy atom. The zero-order valence-corrected chi connectivity index (χ0v) is 10.7. The van der Waals surface area contributed by atoms with E-state index >= 15 is 0 Å². The Morgan fingerprint density at radius 2 is 2.22 bits per heavy atom. The molecule has 1 aromatic heterocycles. The van der Waals surface area contributed by atoms with E-state index in [1.54, 1.807) is 0 Å². The number of benzene rings is 1. The molecule has 18 heavy (non-hydrogen) atoms. The van der Waals surface area contributed by atoms with Crippen molar-refractivity contribution in [3.8, 4) is 0 Å². The third kappa shape index (κ3) is 2.54. The maximum atomic E-state index is 11.4. The van der Waals surface area contributed by atoms with Crippen LogP contribution in [0.3, 0.4) is 0 Å². The van der Waals surface area contributed by atoms with Gasteiger partial charge >= 0.3 is 0 Å². The van der Waals surface area contributed by atoms with Crippen molar-refractivity contribution in [1.82, 2.24) is 4.57 Å². The molecule has 1 heterocycles. The lowest BCUT2D eigenvalue weighted by molar-refractivity contribution is -0.123. The van der Waals surface area contributed by atoms with E-state index in [0.29, 0.717) is 5.69 Å². The van der Waals surface area contributed by atoms with Crippen LogP contribution in [0.5, 0.6) is 0 Å². The van der Waals surface area contributed by atoms with Gasteiger partial charge in [0.25, 0.3) is 5.91 Å². The third-order valence-corrected chi connectivity index (χ3v) is 2.88. The Bertz CT molecular complexity index is 558. The number of rotatable bonds is 4. The largest absolute Gasteiger partial charge is 0.384 e. The molecule has 0 bridgehead atoms. The van der Waals surface area contributed by atoms with Crippen molar-refractivity contribution in [2.24, 2.45) is 0 Å². The molecular weight excluding hydrogens is 228 g/mol. The number of anilines is 1. The Labute approximate surface area is 106 Å². The number of aromatic nitrogens is 1. The number of amides is 1. The molecule has 0 aliphatic heterocycles. The molecule has 4 heteroatoms. The number of carbonyl (C=O) groups is 1. The van der Waals surface area contributed by atoms with E-state index in [1.165, 1.54) is 6.92 Å². The third-order valence-electron chi connectivity index (χ3n) is 2.88. The predicted octanol–water partition coefficient (Wildman–Crippen LogP) is 2.37. The molecule has 0 saturated heterocycles. The van der Waals surface area contributed by atoms with Gasteiger partial charge in [-0.25, -0.2) is 0 Å². The summed E-state index contributed by atoms with van der Waals surface area (Å²) in [4.78, 5) is 11.4. The number of aryl methyl sites for hydroxylation is 1. The second kappa shape index (κ2) is 5.23. The van der Waals surface area contributed by atoms with Gasteiger partial charge in [0, 0.05) is 29.3 Å². The highest BCUT2D eigenvalue weighted by Crippen LogP contribution is 2.21. The van der Waals surface area contributed by atoms with Crippen LogP contribution in [-0.4, -0.2) is 21.7 Å². The van der Waals surface area contributed by atoms with E-state index in [-0.39, 0.29) is 5.91 Å². The summed E-state index contributed by atoms with van der Waals surface area (Å²) in [5.74, 6) is -0.387. The fourth-order valence-corrected chi connectivity index (χ4v) is 1.96. The van der Waals surface area contributed by atoms with Crippen molar-refractivity contribution in [2.75, 3.05) is 5.32 Å². The summed E-state index contributed by atoms with van der Waals surface area (Å²) >= 11 is 0. The summed E-state index contributed by atoms with van der Waals surface area (Å²) < 4.78 is 2.19. The van der Waals surface area contributed by atoms with Crippen molar-refractivity contribution in [2.45, 2.75) is 32.9 Å². The highest BCUT2D eigenvalue weighted by Gasteiger charge is 2.09. The number of hydrogen-bond acceptors (Lipinski definition) is 2. The first-order valence-electron chi connectivity index (χ1n) is 6.19. The Balaban J connectivity index is 2.26. The lowest BCUT2D eigenvalue weighted by atomic mass is 10.2. The molecule has 2 aromatic rings. The van der Waals surface area contributed by atoms with Gasteiger partial charge in [-0.05, 0) is 37.6 Å². The molecular formula is C14H18N2O2.